The molecule has 2 amide bonds. The number of H-pyrrole nitrogens is 1. The summed E-state index contributed by atoms with van der Waals surface area (Å²) in [4.78, 5) is 33.2. The number of carbonyl (C=O) groups is 2. The third-order valence-electron chi connectivity index (χ3n) is 5.27. The van der Waals surface area contributed by atoms with E-state index < -0.39 is 0 Å². The van der Waals surface area contributed by atoms with Crippen molar-refractivity contribution >= 4 is 52.7 Å². The van der Waals surface area contributed by atoms with Crippen LogP contribution in [0.1, 0.15) is 44.2 Å². The van der Waals surface area contributed by atoms with Gasteiger partial charge in [-0.1, -0.05) is 25.1 Å². The monoisotopic (exact) mass is 525 g/mol. The fraction of sp³-hybridized carbons (Fsp3) is 0.500. The first-order valence-corrected chi connectivity index (χ1v) is 10.6. The lowest BCUT2D eigenvalue weighted by Crippen LogP contribution is -2.46. The molecule has 2 heterocycles. The van der Waals surface area contributed by atoms with Crippen molar-refractivity contribution < 1.29 is 9.59 Å². The van der Waals surface area contributed by atoms with Gasteiger partial charge in [0.2, 0.25) is 11.8 Å². The normalized spacial score (nSPS) is 14.7. The Balaban J connectivity index is 0.00000320. The summed E-state index contributed by atoms with van der Waals surface area (Å²) in [6.07, 6.45) is 5.51. The topological polar surface area (TPSA) is 89.6 Å². The second kappa shape index (κ2) is 11.9. The zero-order chi connectivity index (χ0) is 20.6. The molecule has 1 aliphatic rings. The predicted octanol–water partition coefficient (Wildman–Crippen LogP) is 2.99. The van der Waals surface area contributed by atoms with Gasteiger partial charge in [0.15, 0.2) is 5.96 Å². The zero-order valence-corrected chi connectivity index (χ0v) is 20.1. The van der Waals surface area contributed by atoms with E-state index in [9.17, 15) is 9.59 Å². The summed E-state index contributed by atoms with van der Waals surface area (Å²) >= 11 is 0. The lowest BCUT2D eigenvalue weighted by atomic mass is 10.1. The van der Waals surface area contributed by atoms with E-state index in [1.165, 1.54) is 26.9 Å². The first kappa shape index (κ1) is 24.2. The van der Waals surface area contributed by atoms with Crippen LogP contribution in [0.2, 0.25) is 0 Å². The van der Waals surface area contributed by atoms with Gasteiger partial charge in [-0.15, -0.1) is 24.0 Å². The minimum Gasteiger partial charge on any atom is -0.361 e. The molecule has 0 aliphatic carbocycles. The molecule has 8 heteroatoms. The van der Waals surface area contributed by atoms with Crippen LogP contribution in [0.4, 0.5) is 0 Å². The molecular weight excluding hydrogens is 493 g/mol. The Bertz CT molecular complexity index is 877. The van der Waals surface area contributed by atoms with Gasteiger partial charge in [0.25, 0.3) is 0 Å². The van der Waals surface area contributed by atoms with Crippen molar-refractivity contribution in [1.29, 1.82) is 0 Å². The van der Waals surface area contributed by atoms with Crippen molar-refractivity contribution in [2.75, 3.05) is 26.2 Å². The van der Waals surface area contributed by atoms with Gasteiger partial charge in [-0.25, -0.2) is 0 Å². The molecule has 164 valence electrons. The minimum atomic E-state index is -0.0734. The Morgan fingerprint density at radius 3 is 2.60 bits per heavy atom. The van der Waals surface area contributed by atoms with Crippen LogP contribution in [0.15, 0.2) is 29.4 Å². The maximum absolute atomic E-state index is 11.9. The van der Waals surface area contributed by atoms with Gasteiger partial charge in [0.05, 0.1) is 0 Å². The number of nitrogens with one attached hydrogen (secondary N) is 3. The SMILES string of the molecule is CCNC(=NCCc1c[nH]c2c(CC)cccc12)NCCN1C(=O)CCCC1=O.I. The smallest absolute Gasteiger partial charge is 0.229 e. The van der Waals surface area contributed by atoms with E-state index in [1.807, 2.05) is 6.92 Å². The minimum absolute atomic E-state index is 0. The number of fused-ring (bicyclic) bond motifs is 1. The van der Waals surface area contributed by atoms with Crippen molar-refractivity contribution in [3.63, 3.8) is 0 Å². The van der Waals surface area contributed by atoms with E-state index in [4.69, 9.17) is 0 Å². The van der Waals surface area contributed by atoms with E-state index in [2.05, 4.69) is 51.9 Å². The number of rotatable bonds is 8. The van der Waals surface area contributed by atoms with Crippen molar-refractivity contribution in [1.82, 2.24) is 20.5 Å². The number of hydrogen-bond donors (Lipinski definition) is 3. The number of hydrogen-bond acceptors (Lipinski definition) is 3. The van der Waals surface area contributed by atoms with Gasteiger partial charge in [0, 0.05) is 56.1 Å². The van der Waals surface area contributed by atoms with Crippen molar-refractivity contribution in [2.45, 2.75) is 46.0 Å². The van der Waals surface area contributed by atoms with Crippen LogP contribution >= 0.6 is 24.0 Å². The van der Waals surface area contributed by atoms with E-state index in [-0.39, 0.29) is 35.8 Å². The number of halogens is 1. The average Bonchev–Trinajstić information content (AvgIpc) is 3.13. The molecule has 0 spiro atoms. The molecular formula is C22H32IN5O2. The number of likely N-dealkylation sites (tertiary alicyclic amines) is 1. The molecule has 0 atom stereocenters. The quantitative estimate of drug-likeness (QED) is 0.214. The second-order valence-electron chi connectivity index (χ2n) is 7.24. The number of aliphatic imine (C=N–C) groups is 1. The summed E-state index contributed by atoms with van der Waals surface area (Å²) in [5.74, 6) is 0.560. The highest BCUT2D eigenvalue weighted by Crippen LogP contribution is 2.22. The predicted molar refractivity (Wildman–Crippen MR) is 131 cm³/mol. The van der Waals surface area contributed by atoms with Gasteiger partial charge < -0.3 is 15.6 Å². The molecule has 1 aromatic heterocycles. The van der Waals surface area contributed by atoms with Gasteiger partial charge in [-0.05, 0) is 37.3 Å². The molecule has 0 radical (unpaired) electrons. The van der Waals surface area contributed by atoms with E-state index in [1.54, 1.807) is 0 Å². The molecule has 3 rings (SSSR count). The van der Waals surface area contributed by atoms with E-state index in [0.29, 0.717) is 44.9 Å². The van der Waals surface area contributed by atoms with Crippen LogP contribution in [0, 0.1) is 0 Å². The number of benzene rings is 1. The number of nitrogens with zero attached hydrogens (tertiary/aromatic N) is 2. The summed E-state index contributed by atoms with van der Waals surface area (Å²) in [5, 5.41) is 7.71. The molecule has 0 unspecified atom stereocenters. The molecule has 7 nitrogen and oxygen atoms in total. The Morgan fingerprint density at radius 1 is 1.13 bits per heavy atom. The van der Waals surface area contributed by atoms with E-state index in [0.717, 1.165) is 19.4 Å². The summed E-state index contributed by atoms with van der Waals surface area (Å²) in [6.45, 7) is 6.46. The summed E-state index contributed by atoms with van der Waals surface area (Å²) in [6, 6.07) is 6.42. The number of aromatic amines is 1. The Labute approximate surface area is 195 Å². The number of carbonyl (C=O) groups excluding carboxylic acids is 2. The molecule has 0 saturated carbocycles. The van der Waals surface area contributed by atoms with Gasteiger partial charge in [-0.2, -0.15) is 0 Å². The van der Waals surface area contributed by atoms with Crippen molar-refractivity contribution in [2.24, 2.45) is 4.99 Å². The zero-order valence-electron chi connectivity index (χ0n) is 17.8. The Morgan fingerprint density at radius 2 is 1.90 bits per heavy atom. The van der Waals surface area contributed by atoms with Gasteiger partial charge in [-0.3, -0.25) is 19.5 Å². The maximum atomic E-state index is 11.9. The van der Waals surface area contributed by atoms with Crippen molar-refractivity contribution in [3.8, 4) is 0 Å². The number of para-hydroxylation sites is 1. The number of guanidine groups is 1. The second-order valence-corrected chi connectivity index (χ2v) is 7.24. The standard InChI is InChI=1S/C22H31N5O2.HI/c1-3-16-7-5-8-18-17(15-26-21(16)18)11-12-24-22(23-4-2)25-13-14-27-19(28)9-6-10-20(27)29;/h5,7-8,15,26H,3-4,6,9-14H2,1-2H3,(H2,23,24,25);1H. The molecule has 1 saturated heterocycles. The molecule has 3 N–H and O–H groups in total. The molecule has 1 aliphatic heterocycles. The summed E-state index contributed by atoms with van der Waals surface area (Å²) in [5.41, 5.74) is 3.81. The third kappa shape index (κ3) is 5.96. The molecule has 1 aromatic carbocycles. The van der Waals surface area contributed by atoms with Gasteiger partial charge >= 0.3 is 0 Å². The highest BCUT2D eigenvalue weighted by atomic mass is 127. The first-order valence-electron chi connectivity index (χ1n) is 10.6. The Kier molecular flexibility index (Phi) is 9.61. The van der Waals surface area contributed by atoms with Crippen LogP contribution in [-0.2, 0) is 22.4 Å². The first-order chi connectivity index (χ1) is 14.1. The highest BCUT2D eigenvalue weighted by Gasteiger charge is 2.25. The maximum Gasteiger partial charge on any atom is 0.229 e. The number of aryl methyl sites for hydroxylation is 1. The van der Waals surface area contributed by atoms with Gasteiger partial charge in [0.1, 0.15) is 0 Å². The molecule has 1 fully saturated rings. The highest BCUT2D eigenvalue weighted by molar-refractivity contribution is 14.0. The molecule has 0 bridgehead atoms. The summed E-state index contributed by atoms with van der Waals surface area (Å²) < 4.78 is 0. The number of amides is 2. The fourth-order valence-electron chi connectivity index (χ4n) is 3.74. The van der Waals surface area contributed by atoms with Crippen LogP contribution in [0.3, 0.4) is 0 Å². The van der Waals surface area contributed by atoms with Crippen LogP contribution < -0.4 is 10.6 Å². The van der Waals surface area contributed by atoms with Crippen LogP contribution in [-0.4, -0.2) is 53.8 Å². The van der Waals surface area contributed by atoms with Crippen LogP contribution in [0.5, 0.6) is 0 Å². The molecule has 2 aromatic rings. The van der Waals surface area contributed by atoms with Crippen molar-refractivity contribution in [3.05, 3.63) is 35.5 Å². The third-order valence-corrected chi connectivity index (χ3v) is 5.27. The molecule has 30 heavy (non-hydrogen) atoms. The summed E-state index contributed by atoms with van der Waals surface area (Å²) in [7, 11) is 0. The lowest BCUT2D eigenvalue weighted by molar-refractivity contribution is -0.147. The van der Waals surface area contributed by atoms with E-state index >= 15 is 0 Å². The average molecular weight is 525 g/mol. The largest absolute Gasteiger partial charge is 0.361 e. The fourth-order valence-corrected chi connectivity index (χ4v) is 3.74. The lowest BCUT2D eigenvalue weighted by Gasteiger charge is -2.25. The number of imide groups is 1. The number of aromatic nitrogens is 1. The Hall–Kier alpha value is -2.10. The van der Waals surface area contributed by atoms with Crippen LogP contribution in [0.25, 0.3) is 10.9 Å². The number of piperidine rings is 1.